The number of unbranched alkanes of at least 4 members (excludes halogenated alkanes) is 2. The van der Waals surface area contributed by atoms with Crippen LogP contribution in [0, 0.1) is 0 Å². The Kier molecular flexibility index (Phi) is 6.73. The molecular formula is C25H29NO6. The molecule has 0 aliphatic carbocycles. The summed E-state index contributed by atoms with van der Waals surface area (Å²) in [7, 11) is 1.62. The van der Waals surface area contributed by atoms with Crippen molar-refractivity contribution in [3.8, 4) is 34.3 Å². The smallest absolute Gasteiger partial charge is 0.493 e. The minimum atomic E-state index is -0.757. The summed E-state index contributed by atoms with van der Waals surface area (Å²) in [5.41, 5.74) is 3.58. The number of aromatic nitrogens is 1. The van der Waals surface area contributed by atoms with Gasteiger partial charge < -0.3 is 28.7 Å². The van der Waals surface area contributed by atoms with Crippen LogP contribution in [-0.2, 0) is 11.2 Å². The number of aromatic amines is 1. The van der Waals surface area contributed by atoms with Crippen molar-refractivity contribution >= 4 is 17.1 Å². The van der Waals surface area contributed by atoms with E-state index in [0.717, 1.165) is 59.0 Å². The van der Waals surface area contributed by atoms with Crippen molar-refractivity contribution < 1.29 is 28.5 Å². The monoisotopic (exact) mass is 439 g/mol. The number of nitrogens with one attached hydrogen (secondary N) is 1. The molecule has 0 bridgehead atoms. The van der Waals surface area contributed by atoms with Crippen molar-refractivity contribution in [2.75, 3.05) is 26.9 Å². The molecule has 1 aliphatic rings. The molecule has 4 rings (SSSR count). The van der Waals surface area contributed by atoms with Crippen LogP contribution in [0.4, 0.5) is 4.79 Å². The number of methoxy groups -OCH3 is 1. The highest BCUT2D eigenvalue weighted by Gasteiger charge is 2.22. The number of fused-ring (bicyclic) bond motifs is 2. The van der Waals surface area contributed by atoms with Crippen LogP contribution in [0.3, 0.4) is 0 Å². The van der Waals surface area contributed by atoms with Gasteiger partial charge in [-0.3, -0.25) is 0 Å². The summed E-state index contributed by atoms with van der Waals surface area (Å²) < 4.78 is 27.8. The molecule has 1 aliphatic heterocycles. The topological polar surface area (TPSA) is 79.0 Å². The molecule has 7 nitrogen and oxygen atoms in total. The second kappa shape index (κ2) is 9.85. The summed E-state index contributed by atoms with van der Waals surface area (Å²) in [6.45, 7) is 5.41. The van der Waals surface area contributed by atoms with Crippen molar-refractivity contribution in [3.05, 3.63) is 35.9 Å². The fourth-order valence-corrected chi connectivity index (χ4v) is 3.92. The molecule has 2 aromatic carbocycles. The number of hydrogen-bond acceptors (Lipinski definition) is 6. The van der Waals surface area contributed by atoms with E-state index in [1.165, 1.54) is 0 Å². The van der Waals surface area contributed by atoms with Crippen LogP contribution >= 0.6 is 0 Å². The predicted molar refractivity (Wildman–Crippen MR) is 122 cm³/mol. The van der Waals surface area contributed by atoms with Crippen molar-refractivity contribution in [2.45, 2.75) is 39.5 Å². The zero-order valence-corrected chi connectivity index (χ0v) is 18.8. The zero-order valence-electron chi connectivity index (χ0n) is 18.8. The number of hydrogen-bond donors (Lipinski definition) is 1. The highest BCUT2D eigenvalue weighted by molar-refractivity contribution is 6.01. The average molecular weight is 440 g/mol. The summed E-state index contributed by atoms with van der Waals surface area (Å²) in [6.07, 6.45) is 3.30. The SMILES string of the molecule is CCCCCOc1cc2[nH]c(OC(=O)OCC)c(-c3ccc4c(c3)CCO4)c2cc1OC. The Morgan fingerprint density at radius 3 is 2.78 bits per heavy atom. The standard InChI is InChI=1S/C25H29NO6/c1-4-6-7-11-30-22-15-19-18(14-21(22)28-3)23(24(26-19)32-25(27)29-5-2)17-8-9-20-16(13-17)10-12-31-20/h8-9,13-15,26H,4-7,10-12H2,1-3H3. The molecule has 1 aromatic heterocycles. The van der Waals surface area contributed by atoms with Crippen molar-refractivity contribution in [1.29, 1.82) is 0 Å². The first-order valence-electron chi connectivity index (χ1n) is 11.1. The van der Waals surface area contributed by atoms with Gasteiger partial charge in [-0.1, -0.05) is 25.8 Å². The summed E-state index contributed by atoms with van der Waals surface area (Å²) in [6, 6.07) is 9.79. The summed E-state index contributed by atoms with van der Waals surface area (Å²) >= 11 is 0. The second-order valence-corrected chi connectivity index (χ2v) is 7.64. The maximum Gasteiger partial charge on any atom is 0.515 e. The molecule has 170 valence electrons. The van der Waals surface area contributed by atoms with Gasteiger partial charge in [0.25, 0.3) is 0 Å². The minimum Gasteiger partial charge on any atom is -0.493 e. The van der Waals surface area contributed by atoms with E-state index in [1.807, 2.05) is 24.3 Å². The maximum atomic E-state index is 12.1. The van der Waals surface area contributed by atoms with Gasteiger partial charge in [0.05, 0.1) is 38.0 Å². The lowest BCUT2D eigenvalue weighted by Gasteiger charge is -2.11. The Labute approximate surface area is 187 Å². The van der Waals surface area contributed by atoms with Crippen LogP contribution in [-0.4, -0.2) is 38.1 Å². The van der Waals surface area contributed by atoms with Crippen LogP contribution in [0.1, 0.15) is 38.7 Å². The number of ether oxygens (including phenoxy) is 5. The lowest BCUT2D eigenvalue weighted by Crippen LogP contribution is -2.10. The Hall–Kier alpha value is -3.35. The minimum absolute atomic E-state index is 0.230. The first kappa shape index (κ1) is 21.9. The number of carbonyl (C=O) groups is 1. The molecule has 0 amide bonds. The van der Waals surface area contributed by atoms with Gasteiger partial charge in [-0.05, 0) is 42.7 Å². The quantitative estimate of drug-likeness (QED) is 0.331. The number of rotatable bonds is 9. The third kappa shape index (κ3) is 4.47. The van der Waals surface area contributed by atoms with Gasteiger partial charge in [-0.15, -0.1) is 0 Å². The lowest BCUT2D eigenvalue weighted by molar-refractivity contribution is 0.103. The highest BCUT2D eigenvalue weighted by Crippen LogP contribution is 2.43. The van der Waals surface area contributed by atoms with E-state index in [0.29, 0.717) is 30.6 Å². The van der Waals surface area contributed by atoms with E-state index in [-0.39, 0.29) is 6.61 Å². The molecule has 0 radical (unpaired) electrons. The maximum absolute atomic E-state index is 12.1. The second-order valence-electron chi connectivity index (χ2n) is 7.64. The first-order chi connectivity index (χ1) is 15.6. The summed E-state index contributed by atoms with van der Waals surface area (Å²) in [5, 5.41) is 0.862. The Morgan fingerprint density at radius 2 is 2.00 bits per heavy atom. The van der Waals surface area contributed by atoms with E-state index in [4.69, 9.17) is 23.7 Å². The van der Waals surface area contributed by atoms with Crippen LogP contribution in [0.2, 0.25) is 0 Å². The Balaban J connectivity index is 1.78. The molecule has 0 unspecified atom stereocenters. The van der Waals surface area contributed by atoms with Crippen LogP contribution in [0.5, 0.6) is 23.1 Å². The van der Waals surface area contributed by atoms with Crippen molar-refractivity contribution in [1.82, 2.24) is 4.98 Å². The van der Waals surface area contributed by atoms with E-state index in [1.54, 1.807) is 14.0 Å². The third-order valence-electron chi connectivity index (χ3n) is 5.48. The summed E-state index contributed by atoms with van der Waals surface area (Å²) in [4.78, 5) is 15.3. The molecule has 2 heterocycles. The first-order valence-corrected chi connectivity index (χ1v) is 11.1. The largest absolute Gasteiger partial charge is 0.515 e. The molecular weight excluding hydrogens is 410 g/mol. The number of benzene rings is 2. The van der Waals surface area contributed by atoms with Gasteiger partial charge in [0.1, 0.15) is 5.75 Å². The highest BCUT2D eigenvalue weighted by atomic mass is 16.7. The van der Waals surface area contributed by atoms with Gasteiger partial charge in [-0.2, -0.15) is 0 Å². The van der Waals surface area contributed by atoms with E-state index >= 15 is 0 Å². The molecule has 0 saturated heterocycles. The molecule has 3 aromatic rings. The van der Waals surface area contributed by atoms with Gasteiger partial charge in [0.2, 0.25) is 5.88 Å². The molecule has 0 fully saturated rings. The fraction of sp³-hybridized carbons (Fsp3) is 0.400. The van der Waals surface area contributed by atoms with Gasteiger partial charge in [0, 0.05) is 17.9 Å². The van der Waals surface area contributed by atoms with Crippen LogP contribution in [0.25, 0.3) is 22.0 Å². The molecule has 7 heteroatoms. The third-order valence-corrected chi connectivity index (χ3v) is 5.48. The Morgan fingerprint density at radius 1 is 1.12 bits per heavy atom. The fourth-order valence-electron chi connectivity index (χ4n) is 3.92. The summed E-state index contributed by atoms with van der Waals surface area (Å²) in [5.74, 6) is 2.49. The Bertz CT molecular complexity index is 1100. The van der Waals surface area contributed by atoms with E-state index < -0.39 is 6.16 Å². The molecule has 0 saturated carbocycles. The molecule has 32 heavy (non-hydrogen) atoms. The van der Waals surface area contributed by atoms with E-state index in [2.05, 4.69) is 18.0 Å². The van der Waals surface area contributed by atoms with E-state index in [9.17, 15) is 4.79 Å². The van der Waals surface area contributed by atoms with Crippen molar-refractivity contribution in [2.24, 2.45) is 0 Å². The van der Waals surface area contributed by atoms with Gasteiger partial charge >= 0.3 is 6.16 Å². The van der Waals surface area contributed by atoms with Gasteiger partial charge in [-0.25, -0.2) is 4.79 Å². The lowest BCUT2D eigenvalue weighted by atomic mass is 10.0. The van der Waals surface area contributed by atoms with Crippen molar-refractivity contribution in [3.63, 3.8) is 0 Å². The van der Waals surface area contributed by atoms with Crippen LogP contribution < -0.4 is 18.9 Å². The number of H-pyrrole nitrogens is 1. The molecule has 0 spiro atoms. The predicted octanol–water partition coefficient (Wildman–Crippen LogP) is 5.88. The average Bonchev–Trinajstić information content (AvgIpc) is 3.39. The number of carbonyl (C=O) groups excluding carboxylic acids is 1. The normalized spacial score (nSPS) is 12.3. The zero-order chi connectivity index (χ0) is 22.5. The van der Waals surface area contributed by atoms with Crippen LogP contribution in [0.15, 0.2) is 30.3 Å². The van der Waals surface area contributed by atoms with Gasteiger partial charge in [0.15, 0.2) is 11.5 Å². The molecule has 1 N–H and O–H groups in total. The molecule has 0 atom stereocenters.